The molecule has 2 aromatic rings. The molecule has 6 heteroatoms. The zero-order valence-corrected chi connectivity index (χ0v) is 15.5. The number of esters is 2. The molecule has 0 aromatic heterocycles. The van der Waals surface area contributed by atoms with Crippen LogP contribution < -0.4 is 9.47 Å². The fourth-order valence-corrected chi connectivity index (χ4v) is 2.10. The Morgan fingerprint density at radius 2 is 1.00 bits per heavy atom. The molecule has 0 aliphatic rings. The number of allylic oxidation sites excluding steroid dienone is 2. The maximum Gasteiger partial charge on any atom is 0.336 e. The topological polar surface area (TPSA) is 52.6 Å². The lowest BCUT2D eigenvalue weighted by Gasteiger charge is -2.00. The molecule has 0 N–H and O–H groups in total. The average molecular weight is 452 g/mol. The first kappa shape index (κ1) is 18.2. The van der Waals surface area contributed by atoms with Gasteiger partial charge < -0.3 is 9.47 Å². The number of benzene rings is 2. The van der Waals surface area contributed by atoms with Gasteiger partial charge in [0.1, 0.15) is 11.5 Å². The van der Waals surface area contributed by atoms with E-state index in [1.165, 1.54) is 24.3 Å². The van der Waals surface area contributed by atoms with Crippen LogP contribution in [-0.4, -0.2) is 11.9 Å². The molecular weight excluding hydrogens is 440 g/mol. The van der Waals surface area contributed by atoms with Crippen molar-refractivity contribution < 1.29 is 19.1 Å². The second kappa shape index (κ2) is 9.20. The van der Waals surface area contributed by atoms with Crippen molar-refractivity contribution in [2.45, 2.75) is 0 Å². The van der Waals surface area contributed by atoms with Gasteiger partial charge in [-0.2, -0.15) is 0 Å². The third-order valence-corrected chi connectivity index (χ3v) is 3.70. The van der Waals surface area contributed by atoms with Gasteiger partial charge in [-0.1, -0.05) is 44.0 Å². The minimum atomic E-state index is -0.539. The lowest BCUT2D eigenvalue weighted by atomic mass is 10.3. The van der Waals surface area contributed by atoms with Crippen molar-refractivity contribution in [1.29, 1.82) is 0 Å². The van der Waals surface area contributed by atoms with Crippen LogP contribution >= 0.6 is 31.9 Å². The van der Waals surface area contributed by atoms with Crippen molar-refractivity contribution in [2.75, 3.05) is 0 Å². The van der Waals surface area contributed by atoms with E-state index >= 15 is 0 Å². The van der Waals surface area contributed by atoms with E-state index in [2.05, 4.69) is 31.9 Å². The first-order valence-corrected chi connectivity index (χ1v) is 8.41. The standard InChI is InChI=1S/C18H12Br2O4/c19-13-5-9-15(10-6-13)23-17(21)3-1-2-4-18(22)24-16-11-7-14(20)8-12-16/h1-12H/b3-1-,4-2-. The van der Waals surface area contributed by atoms with Crippen LogP contribution in [0.3, 0.4) is 0 Å². The molecule has 0 fully saturated rings. The van der Waals surface area contributed by atoms with E-state index in [9.17, 15) is 9.59 Å². The summed E-state index contributed by atoms with van der Waals surface area (Å²) in [6.45, 7) is 0. The van der Waals surface area contributed by atoms with Crippen LogP contribution in [0.15, 0.2) is 81.8 Å². The highest BCUT2D eigenvalue weighted by atomic mass is 79.9. The molecule has 0 saturated heterocycles. The van der Waals surface area contributed by atoms with Gasteiger partial charge in [0.05, 0.1) is 0 Å². The van der Waals surface area contributed by atoms with E-state index in [-0.39, 0.29) is 0 Å². The molecule has 0 radical (unpaired) electrons. The van der Waals surface area contributed by atoms with Crippen molar-refractivity contribution >= 4 is 43.8 Å². The Balaban J connectivity index is 1.80. The summed E-state index contributed by atoms with van der Waals surface area (Å²) in [5, 5.41) is 0. The average Bonchev–Trinajstić information content (AvgIpc) is 2.56. The highest BCUT2D eigenvalue weighted by molar-refractivity contribution is 9.10. The normalized spacial score (nSPS) is 10.9. The van der Waals surface area contributed by atoms with Gasteiger partial charge in [-0.25, -0.2) is 9.59 Å². The monoisotopic (exact) mass is 450 g/mol. The first-order valence-electron chi connectivity index (χ1n) is 6.82. The van der Waals surface area contributed by atoms with E-state index < -0.39 is 11.9 Å². The Hall–Kier alpha value is -2.18. The van der Waals surface area contributed by atoms with Crippen LogP contribution in [0.25, 0.3) is 0 Å². The highest BCUT2D eigenvalue weighted by Gasteiger charge is 2.01. The molecule has 4 nitrogen and oxygen atoms in total. The van der Waals surface area contributed by atoms with Crippen LogP contribution in [0.2, 0.25) is 0 Å². The Morgan fingerprint density at radius 3 is 1.33 bits per heavy atom. The summed E-state index contributed by atoms with van der Waals surface area (Å²) in [5.74, 6) is -0.204. The third-order valence-electron chi connectivity index (χ3n) is 2.64. The Labute approximate surface area is 156 Å². The molecule has 2 aromatic carbocycles. The fourth-order valence-electron chi connectivity index (χ4n) is 1.57. The van der Waals surface area contributed by atoms with Crippen LogP contribution in [0.4, 0.5) is 0 Å². The predicted molar refractivity (Wildman–Crippen MR) is 97.8 cm³/mol. The molecule has 2 rings (SSSR count). The van der Waals surface area contributed by atoms with Crippen molar-refractivity contribution in [3.63, 3.8) is 0 Å². The van der Waals surface area contributed by atoms with Crippen LogP contribution in [-0.2, 0) is 9.59 Å². The van der Waals surface area contributed by atoms with E-state index in [0.29, 0.717) is 11.5 Å². The highest BCUT2D eigenvalue weighted by Crippen LogP contribution is 2.17. The predicted octanol–water partition coefficient (Wildman–Crippen LogP) is 4.84. The Morgan fingerprint density at radius 1 is 0.667 bits per heavy atom. The maximum atomic E-state index is 11.6. The summed E-state index contributed by atoms with van der Waals surface area (Å²) < 4.78 is 12.0. The molecule has 0 saturated carbocycles. The van der Waals surface area contributed by atoms with Crippen molar-refractivity contribution in [3.05, 3.63) is 81.8 Å². The number of hydrogen-bond donors (Lipinski definition) is 0. The molecule has 0 atom stereocenters. The van der Waals surface area contributed by atoms with Gasteiger partial charge in [0.15, 0.2) is 0 Å². The summed E-state index contributed by atoms with van der Waals surface area (Å²) in [4.78, 5) is 23.2. The SMILES string of the molecule is O=C(/C=C\C=C/C(=O)Oc1ccc(Br)cc1)Oc1ccc(Br)cc1. The number of halogens is 2. The zero-order chi connectivity index (χ0) is 17.4. The van der Waals surface area contributed by atoms with Crippen LogP contribution in [0.5, 0.6) is 11.5 Å². The Kier molecular flexibility index (Phi) is 6.96. The largest absolute Gasteiger partial charge is 0.423 e. The smallest absolute Gasteiger partial charge is 0.336 e. The first-order chi connectivity index (χ1) is 11.5. The van der Waals surface area contributed by atoms with Gasteiger partial charge in [0.2, 0.25) is 0 Å². The molecule has 122 valence electrons. The zero-order valence-electron chi connectivity index (χ0n) is 12.3. The summed E-state index contributed by atoms with van der Waals surface area (Å²) in [7, 11) is 0. The van der Waals surface area contributed by atoms with Gasteiger partial charge in [-0.05, 0) is 48.5 Å². The minimum Gasteiger partial charge on any atom is -0.423 e. The number of carbonyl (C=O) groups excluding carboxylic acids is 2. The summed E-state index contributed by atoms with van der Waals surface area (Å²) >= 11 is 6.59. The molecule has 0 spiro atoms. The number of ether oxygens (including phenoxy) is 2. The molecule has 24 heavy (non-hydrogen) atoms. The lowest BCUT2D eigenvalue weighted by Crippen LogP contribution is -2.04. The number of rotatable bonds is 5. The molecule has 0 aliphatic carbocycles. The maximum absolute atomic E-state index is 11.6. The van der Waals surface area contributed by atoms with Crippen molar-refractivity contribution in [3.8, 4) is 11.5 Å². The third kappa shape index (κ3) is 6.52. The van der Waals surface area contributed by atoms with Gasteiger partial charge in [-0.15, -0.1) is 0 Å². The van der Waals surface area contributed by atoms with Gasteiger partial charge >= 0.3 is 11.9 Å². The van der Waals surface area contributed by atoms with E-state index in [1.54, 1.807) is 48.5 Å². The van der Waals surface area contributed by atoms with Gasteiger partial charge in [0.25, 0.3) is 0 Å². The fraction of sp³-hybridized carbons (Fsp3) is 0. The second-order valence-electron chi connectivity index (χ2n) is 4.47. The quantitative estimate of drug-likeness (QED) is 0.282. The summed E-state index contributed by atoms with van der Waals surface area (Å²) in [6, 6.07) is 13.7. The van der Waals surface area contributed by atoms with Gasteiger partial charge in [-0.3, -0.25) is 0 Å². The number of carbonyl (C=O) groups is 2. The second-order valence-corrected chi connectivity index (χ2v) is 6.30. The van der Waals surface area contributed by atoms with Gasteiger partial charge in [0, 0.05) is 21.1 Å². The van der Waals surface area contributed by atoms with Crippen molar-refractivity contribution in [1.82, 2.24) is 0 Å². The summed E-state index contributed by atoms with van der Waals surface area (Å²) in [6.07, 6.45) is 5.24. The molecular formula is C18H12Br2O4. The van der Waals surface area contributed by atoms with Crippen LogP contribution in [0.1, 0.15) is 0 Å². The molecule has 0 bridgehead atoms. The van der Waals surface area contributed by atoms with E-state index in [1.807, 2.05) is 0 Å². The minimum absolute atomic E-state index is 0.437. The lowest BCUT2D eigenvalue weighted by molar-refractivity contribution is -0.130. The molecule has 0 heterocycles. The van der Waals surface area contributed by atoms with E-state index in [0.717, 1.165) is 8.95 Å². The van der Waals surface area contributed by atoms with E-state index in [4.69, 9.17) is 9.47 Å². The molecule has 0 unspecified atom stereocenters. The summed E-state index contributed by atoms with van der Waals surface area (Å²) in [5.41, 5.74) is 0. The number of hydrogen-bond acceptors (Lipinski definition) is 4. The van der Waals surface area contributed by atoms with Crippen LogP contribution in [0, 0.1) is 0 Å². The Bertz CT molecular complexity index is 695. The molecule has 0 aliphatic heterocycles. The van der Waals surface area contributed by atoms with Crippen molar-refractivity contribution in [2.24, 2.45) is 0 Å². The molecule has 0 amide bonds.